The number of anilines is 3. The minimum atomic E-state index is -0.410. The van der Waals surface area contributed by atoms with Crippen molar-refractivity contribution >= 4 is 38.6 Å². The zero-order valence-corrected chi connectivity index (χ0v) is 36.2. The van der Waals surface area contributed by atoms with E-state index in [-0.39, 0.29) is 0 Å². The zero-order chi connectivity index (χ0) is 43.3. The van der Waals surface area contributed by atoms with Gasteiger partial charge in [0.15, 0.2) is 0 Å². The topological polar surface area (TPSA) is 3.24 Å². The van der Waals surface area contributed by atoms with Crippen LogP contribution in [0.15, 0.2) is 255 Å². The summed E-state index contributed by atoms with van der Waals surface area (Å²) < 4.78 is 0. The third-order valence-corrected chi connectivity index (χ3v) is 13.7. The third kappa shape index (κ3) is 6.31. The Balaban J connectivity index is 1.12. The summed E-state index contributed by atoms with van der Waals surface area (Å²) in [5, 5.41) is 5.00. The lowest BCUT2D eigenvalue weighted by molar-refractivity contribution is 0.714. The van der Waals surface area contributed by atoms with E-state index in [4.69, 9.17) is 0 Å². The van der Waals surface area contributed by atoms with Gasteiger partial charge >= 0.3 is 0 Å². The van der Waals surface area contributed by atoms with Crippen LogP contribution in [-0.4, -0.2) is 0 Å². The molecule has 0 saturated heterocycles. The van der Waals surface area contributed by atoms with Crippen molar-refractivity contribution in [3.63, 3.8) is 0 Å². The molecule has 0 bridgehead atoms. The van der Waals surface area contributed by atoms with Gasteiger partial charge in [-0.2, -0.15) is 0 Å². The van der Waals surface area contributed by atoms with Crippen molar-refractivity contribution in [3.05, 3.63) is 271 Å². The molecule has 0 heterocycles. The van der Waals surface area contributed by atoms with E-state index >= 15 is 0 Å². The van der Waals surface area contributed by atoms with Crippen LogP contribution in [0.4, 0.5) is 17.1 Å². The Morgan fingerprint density at radius 1 is 0.308 bits per heavy atom. The van der Waals surface area contributed by atoms with E-state index in [1.807, 2.05) is 0 Å². The monoisotopic (exact) mass is 827 g/mol. The first-order chi connectivity index (χ1) is 32.2. The van der Waals surface area contributed by atoms with Gasteiger partial charge in [-0.05, 0) is 126 Å². The number of fused-ring (bicyclic) bond motifs is 6. The second kappa shape index (κ2) is 15.8. The lowest BCUT2D eigenvalue weighted by Crippen LogP contribution is -2.25. The number of nitrogens with zero attached hydrogens (tertiary/aromatic N) is 1. The molecule has 1 atom stereocenters. The molecule has 0 fully saturated rings. The molecule has 1 aliphatic carbocycles. The average Bonchev–Trinajstić information content (AvgIpc) is 3.66. The van der Waals surface area contributed by atoms with Gasteiger partial charge in [-0.1, -0.05) is 224 Å². The van der Waals surface area contributed by atoms with Crippen LogP contribution in [0.25, 0.3) is 77.2 Å². The third-order valence-electron chi connectivity index (χ3n) is 13.7. The molecule has 0 spiro atoms. The molecule has 0 radical (unpaired) electrons. The molecule has 0 amide bonds. The highest BCUT2D eigenvalue weighted by Crippen LogP contribution is 2.58. The molecule has 0 saturated carbocycles. The van der Waals surface area contributed by atoms with E-state index in [0.29, 0.717) is 0 Å². The molecule has 65 heavy (non-hydrogen) atoms. The number of rotatable bonds is 8. The maximum atomic E-state index is 2.52. The van der Waals surface area contributed by atoms with Crippen LogP contribution in [-0.2, 0) is 5.41 Å². The van der Waals surface area contributed by atoms with Crippen LogP contribution in [0.5, 0.6) is 0 Å². The number of benzene rings is 11. The fourth-order valence-electron chi connectivity index (χ4n) is 10.8. The molecule has 12 rings (SSSR count). The van der Waals surface area contributed by atoms with Crippen LogP contribution in [0.1, 0.15) is 23.6 Å². The number of hydrogen-bond donors (Lipinski definition) is 0. The molecule has 1 nitrogen and oxygen atoms in total. The van der Waals surface area contributed by atoms with Crippen LogP contribution >= 0.6 is 0 Å². The summed E-state index contributed by atoms with van der Waals surface area (Å²) in [6.45, 7) is 2.42. The van der Waals surface area contributed by atoms with Crippen LogP contribution in [0.2, 0.25) is 0 Å². The van der Waals surface area contributed by atoms with Gasteiger partial charge in [0.25, 0.3) is 0 Å². The summed E-state index contributed by atoms with van der Waals surface area (Å²) in [6, 6.07) is 93.6. The van der Waals surface area contributed by atoms with Gasteiger partial charge in [0.1, 0.15) is 0 Å². The SMILES string of the molecule is CC1(c2ccccc2)c2ccccc2-c2cccc(N(c3cccc(-c4ccc5c(c4)c(-c4ccccc4)c(-c4ccccc4)c4ccccc45)c3)c3ccccc3-c3ccccc3)c21. The van der Waals surface area contributed by atoms with Gasteiger partial charge in [-0.25, -0.2) is 0 Å². The van der Waals surface area contributed by atoms with Crippen molar-refractivity contribution < 1.29 is 0 Å². The fraction of sp³-hybridized carbons (Fsp3) is 0.0312. The Bertz CT molecular complexity index is 3540. The number of para-hydroxylation sites is 1. The van der Waals surface area contributed by atoms with Gasteiger partial charge < -0.3 is 4.90 Å². The van der Waals surface area contributed by atoms with Crippen molar-refractivity contribution in [3.8, 4) is 55.6 Å². The summed E-state index contributed by atoms with van der Waals surface area (Å²) in [5.41, 5.74) is 19.0. The Morgan fingerprint density at radius 3 is 1.52 bits per heavy atom. The Hall–Kier alpha value is -8.26. The van der Waals surface area contributed by atoms with Crippen molar-refractivity contribution in [1.82, 2.24) is 0 Å². The van der Waals surface area contributed by atoms with Crippen LogP contribution < -0.4 is 4.90 Å². The predicted octanol–water partition coefficient (Wildman–Crippen LogP) is 17.5. The minimum Gasteiger partial charge on any atom is -0.310 e. The highest BCUT2D eigenvalue weighted by atomic mass is 15.1. The van der Waals surface area contributed by atoms with Gasteiger partial charge in [-0.15, -0.1) is 0 Å². The highest BCUT2D eigenvalue weighted by Gasteiger charge is 2.43. The summed E-state index contributed by atoms with van der Waals surface area (Å²) in [4.78, 5) is 2.52. The molecule has 1 aliphatic rings. The van der Waals surface area contributed by atoms with Gasteiger partial charge in [-0.3, -0.25) is 0 Å². The molecular weight excluding hydrogens is 783 g/mol. The predicted molar refractivity (Wildman–Crippen MR) is 275 cm³/mol. The molecular formula is C64H45N. The molecule has 11 aromatic carbocycles. The first-order valence-electron chi connectivity index (χ1n) is 22.6. The second-order valence-corrected chi connectivity index (χ2v) is 17.3. The highest BCUT2D eigenvalue weighted by molar-refractivity contribution is 6.22. The maximum Gasteiger partial charge on any atom is 0.0540 e. The first kappa shape index (κ1) is 38.4. The lowest BCUT2D eigenvalue weighted by atomic mass is 9.73. The number of hydrogen-bond acceptors (Lipinski definition) is 1. The van der Waals surface area contributed by atoms with Gasteiger partial charge in [0.2, 0.25) is 0 Å². The van der Waals surface area contributed by atoms with Gasteiger partial charge in [0, 0.05) is 16.7 Å². The molecule has 0 N–H and O–H groups in total. The maximum absolute atomic E-state index is 2.52. The van der Waals surface area contributed by atoms with E-state index in [1.165, 1.54) is 88.3 Å². The molecule has 1 heteroatoms. The second-order valence-electron chi connectivity index (χ2n) is 17.3. The van der Waals surface area contributed by atoms with Crippen molar-refractivity contribution in [2.45, 2.75) is 12.3 Å². The standard InChI is InChI=1S/C64H45N/c1-64(49-29-12-5-13-30-49)58-37-18-16-34-54(58)56-36-21-39-60(63(56)64)65(59-38-19-17-32-51(59)44-22-6-2-7-23-44)50-31-20-28-47(42-50)48-40-41-53-52-33-14-15-35-55(52)61(45-24-8-3-9-25-45)62(57(53)43-48)46-26-10-4-11-27-46/h2-43H,1H3. The quantitative estimate of drug-likeness (QED) is 0.138. The molecule has 1 unspecified atom stereocenters. The summed E-state index contributed by atoms with van der Waals surface area (Å²) in [5.74, 6) is 0. The van der Waals surface area contributed by atoms with Gasteiger partial charge in [0.05, 0.1) is 11.4 Å². The normalized spacial score (nSPS) is 14.0. The van der Waals surface area contributed by atoms with Crippen LogP contribution in [0.3, 0.4) is 0 Å². The smallest absolute Gasteiger partial charge is 0.0540 e. The Kier molecular flexibility index (Phi) is 9.35. The van der Waals surface area contributed by atoms with Crippen molar-refractivity contribution in [1.29, 1.82) is 0 Å². The largest absolute Gasteiger partial charge is 0.310 e. The minimum absolute atomic E-state index is 0.410. The lowest BCUT2D eigenvalue weighted by Gasteiger charge is -2.35. The van der Waals surface area contributed by atoms with E-state index < -0.39 is 5.41 Å². The van der Waals surface area contributed by atoms with E-state index in [1.54, 1.807) is 0 Å². The summed E-state index contributed by atoms with van der Waals surface area (Å²) in [7, 11) is 0. The Labute approximate surface area is 381 Å². The molecule has 0 aliphatic heterocycles. The summed E-state index contributed by atoms with van der Waals surface area (Å²) in [6.07, 6.45) is 0. The van der Waals surface area contributed by atoms with E-state index in [2.05, 4.69) is 267 Å². The van der Waals surface area contributed by atoms with E-state index in [0.717, 1.165) is 22.6 Å². The molecule has 11 aromatic rings. The Morgan fingerprint density at radius 2 is 0.800 bits per heavy atom. The first-order valence-corrected chi connectivity index (χ1v) is 22.6. The average molecular weight is 828 g/mol. The fourth-order valence-corrected chi connectivity index (χ4v) is 10.8. The molecule has 0 aromatic heterocycles. The summed E-state index contributed by atoms with van der Waals surface area (Å²) >= 11 is 0. The van der Waals surface area contributed by atoms with E-state index in [9.17, 15) is 0 Å². The zero-order valence-electron chi connectivity index (χ0n) is 36.2. The van der Waals surface area contributed by atoms with Crippen LogP contribution in [0, 0.1) is 0 Å². The molecule has 306 valence electrons. The van der Waals surface area contributed by atoms with Crippen molar-refractivity contribution in [2.75, 3.05) is 4.90 Å². The van der Waals surface area contributed by atoms with Crippen molar-refractivity contribution in [2.24, 2.45) is 0 Å².